The third-order valence-corrected chi connectivity index (χ3v) is 2.32. The Morgan fingerprint density at radius 1 is 1.40 bits per heavy atom. The molecule has 15 heavy (non-hydrogen) atoms. The zero-order valence-electron chi connectivity index (χ0n) is 8.08. The van der Waals surface area contributed by atoms with E-state index < -0.39 is 5.76 Å². The normalized spacial score (nSPS) is 11.9. The molecule has 0 fully saturated rings. The summed E-state index contributed by atoms with van der Waals surface area (Å²) in [6.07, 6.45) is 0. The highest BCUT2D eigenvalue weighted by molar-refractivity contribution is 7.99. The minimum Gasteiger partial charge on any atom is -0.370 e. The molecule has 3 N–H and O–H groups in total. The number of guanidine groups is 1. The van der Waals surface area contributed by atoms with Crippen molar-refractivity contribution in [3.8, 4) is 0 Å². The van der Waals surface area contributed by atoms with Crippen molar-refractivity contribution in [2.45, 2.75) is 10.7 Å². The standard InChI is InChI=1S/C9H11F2N3S/c1-13-9(12)14-6-2-4-7(5-3-6)15-8(10)11/h2-5,8H,1H3,(H3,12,13,14). The van der Waals surface area contributed by atoms with Crippen LogP contribution in [0, 0.1) is 0 Å². The van der Waals surface area contributed by atoms with Gasteiger partial charge in [0.05, 0.1) is 0 Å². The summed E-state index contributed by atoms with van der Waals surface area (Å²) >= 11 is 0.509. The molecule has 0 aromatic heterocycles. The van der Waals surface area contributed by atoms with Crippen LogP contribution in [0.15, 0.2) is 34.2 Å². The number of hydrogen-bond donors (Lipinski definition) is 2. The van der Waals surface area contributed by atoms with Crippen molar-refractivity contribution in [2.24, 2.45) is 10.7 Å². The van der Waals surface area contributed by atoms with Gasteiger partial charge in [-0.15, -0.1) is 0 Å². The molecule has 0 atom stereocenters. The zero-order valence-corrected chi connectivity index (χ0v) is 8.89. The van der Waals surface area contributed by atoms with Crippen LogP contribution in [0.2, 0.25) is 0 Å². The molecule has 0 aliphatic rings. The first-order valence-electron chi connectivity index (χ1n) is 4.16. The molecule has 1 aromatic carbocycles. The first-order valence-corrected chi connectivity index (χ1v) is 5.04. The molecule has 0 aliphatic carbocycles. The van der Waals surface area contributed by atoms with E-state index in [2.05, 4.69) is 10.3 Å². The number of alkyl halides is 2. The Morgan fingerprint density at radius 2 is 2.00 bits per heavy atom. The fourth-order valence-electron chi connectivity index (χ4n) is 0.923. The number of aliphatic imine (C=N–C) groups is 1. The van der Waals surface area contributed by atoms with Gasteiger partial charge in [-0.2, -0.15) is 8.78 Å². The number of hydrogen-bond acceptors (Lipinski definition) is 2. The third-order valence-electron chi connectivity index (χ3n) is 1.59. The van der Waals surface area contributed by atoms with Gasteiger partial charge in [-0.3, -0.25) is 4.99 Å². The van der Waals surface area contributed by atoms with Gasteiger partial charge in [-0.05, 0) is 24.3 Å². The Hall–Kier alpha value is -1.30. The molecule has 0 saturated heterocycles. The molecule has 0 aliphatic heterocycles. The van der Waals surface area contributed by atoms with Gasteiger partial charge in [-0.25, -0.2) is 0 Å². The number of nitrogens with one attached hydrogen (secondary N) is 1. The van der Waals surface area contributed by atoms with Crippen LogP contribution in [0.3, 0.4) is 0 Å². The second kappa shape index (κ2) is 5.55. The Bertz CT molecular complexity index is 338. The van der Waals surface area contributed by atoms with Crippen molar-refractivity contribution in [1.29, 1.82) is 0 Å². The third kappa shape index (κ3) is 4.16. The average Bonchev–Trinajstić information content (AvgIpc) is 2.20. The fourth-order valence-corrected chi connectivity index (χ4v) is 1.42. The summed E-state index contributed by atoms with van der Waals surface area (Å²) in [5.41, 5.74) is 6.16. The highest BCUT2D eigenvalue weighted by atomic mass is 32.2. The molecule has 1 rings (SSSR count). The lowest BCUT2D eigenvalue weighted by atomic mass is 10.3. The Kier molecular flexibility index (Phi) is 4.36. The van der Waals surface area contributed by atoms with Gasteiger partial charge in [0.2, 0.25) is 0 Å². The first-order chi connectivity index (χ1) is 7.11. The van der Waals surface area contributed by atoms with E-state index in [1.807, 2.05) is 0 Å². The van der Waals surface area contributed by atoms with Gasteiger partial charge in [0.15, 0.2) is 5.96 Å². The molecule has 1 aromatic rings. The van der Waals surface area contributed by atoms with Gasteiger partial charge in [-0.1, -0.05) is 11.8 Å². The van der Waals surface area contributed by atoms with Crippen LogP contribution in [0.4, 0.5) is 14.5 Å². The molecule has 0 spiro atoms. The van der Waals surface area contributed by atoms with Crippen LogP contribution in [0.1, 0.15) is 0 Å². The number of nitrogens with zero attached hydrogens (tertiary/aromatic N) is 1. The molecule has 0 amide bonds. The maximum atomic E-state index is 12.0. The number of nitrogens with two attached hydrogens (primary N) is 1. The first kappa shape index (κ1) is 11.8. The average molecular weight is 231 g/mol. The summed E-state index contributed by atoms with van der Waals surface area (Å²) in [4.78, 5) is 4.23. The van der Waals surface area contributed by atoms with Gasteiger partial charge >= 0.3 is 0 Å². The number of halogens is 2. The second-order valence-electron chi connectivity index (χ2n) is 2.64. The van der Waals surface area contributed by atoms with E-state index in [0.717, 1.165) is 5.69 Å². The number of benzene rings is 1. The van der Waals surface area contributed by atoms with Crippen molar-refractivity contribution >= 4 is 23.4 Å². The highest BCUT2D eigenvalue weighted by Gasteiger charge is 2.04. The maximum Gasteiger partial charge on any atom is 0.288 e. The maximum absolute atomic E-state index is 12.0. The highest BCUT2D eigenvalue weighted by Crippen LogP contribution is 2.25. The Morgan fingerprint density at radius 3 is 2.47 bits per heavy atom. The van der Waals surface area contributed by atoms with E-state index in [9.17, 15) is 8.78 Å². The Labute approximate surface area is 90.8 Å². The van der Waals surface area contributed by atoms with Crippen molar-refractivity contribution in [1.82, 2.24) is 0 Å². The number of anilines is 1. The molecule has 0 saturated carbocycles. The minimum absolute atomic E-state index is 0.282. The molecule has 0 bridgehead atoms. The van der Waals surface area contributed by atoms with Gasteiger partial charge < -0.3 is 11.1 Å². The molecule has 6 heteroatoms. The van der Waals surface area contributed by atoms with E-state index >= 15 is 0 Å². The second-order valence-corrected chi connectivity index (χ2v) is 3.70. The Balaban J connectivity index is 2.64. The largest absolute Gasteiger partial charge is 0.370 e. The summed E-state index contributed by atoms with van der Waals surface area (Å²) in [5, 5.41) is 2.80. The molecule has 0 heterocycles. The van der Waals surface area contributed by atoms with Gasteiger partial charge in [0.25, 0.3) is 5.76 Å². The van der Waals surface area contributed by atoms with Crippen LogP contribution in [-0.4, -0.2) is 18.8 Å². The summed E-state index contributed by atoms with van der Waals surface area (Å²) < 4.78 is 24.0. The van der Waals surface area contributed by atoms with Crippen molar-refractivity contribution < 1.29 is 8.78 Å². The lowest BCUT2D eigenvalue weighted by Crippen LogP contribution is -2.21. The lowest BCUT2D eigenvalue weighted by molar-refractivity contribution is 0.252. The van der Waals surface area contributed by atoms with E-state index in [4.69, 9.17) is 5.73 Å². The van der Waals surface area contributed by atoms with Crippen LogP contribution in [-0.2, 0) is 0 Å². The SMILES string of the molecule is CN=C(N)Nc1ccc(SC(F)F)cc1. The summed E-state index contributed by atoms with van der Waals surface area (Å²) in [6.45, 7) is 0. The fraction of sp³-hybridized carbons (Fsp3) is 0.222. The van der Waals surface area contributed by atoms with Crippen LogP contribution >= 0.6 is 11.8 Å². The summed E-state index contributed by atoms with van der Waals surface area (Å²) in [7, 11) is 1.56. The monoisotopic (exact) mass is 231 g/mol. The topological polar surface area (TPSA) is 50.4 Å². The van der Waals surface area contributed by atoms with E-state index in [1.165, 1.54) is 0 Å². The van der Waals surface area contributed by atoms with Crippen molar-refractivity contribution in [3.63, 3.8) is 0 Å². The van der Waals surface area contributed by atoms with Crippen molar-refractivity contribution in [3.05, 3.63) is 24.3 Å². The predicted octanol–water partition coefficient (Wildman–Crippen LogP) is 2.36. The minimum atomic E-state index is -2.40. The predicted molar refractivity (Wildman–Crippen MR) is 59.5 cm³/mol. The van der Waals surface area contributed by atoms with Crippen LogP contribution in [0.25, 0.3) is 0 Å². The number of rotatable bonds is 3. The summed E-state index contributed by atoms with van der Waals surface area (Å²) in [5.74, 6) is -2.12. The summed E-state index contributed by atoms with van der Waals surface area (Å²) in [6, 6.07) is 6.54. The molecule has 0 unspecified atom stereocenters. The molecule has 82 valence electrons. The van der Waals surface area contributed by atoms with E-state index in [0.29, 0.717) is 16.7 Å². The lowest BCUT2D eigenvalue weighted by Gasteiger charge is -2.05. The van der Waals surface area contributed by atoms with Crippen molar-refractivity contribution in [2.75, 3.05) is 12.4 Å². The molecular weight excluding hydrogens is 220 g/mol. The quantitative estimate of drug-likeness (QED) is 0.477. The molecular formula is C9H11F2N3S. The van der Waals surface area contributed by atoms with E-state index in [1.54, 1.807) is 31.3 Å². The van der Waals surface area contributed by atoms with E-state index in [-0.39, 0.29) is 5.96 Å². The van der Waals surface area contributed by atoms with Crippen LogP contribution < -0.4 is 11.1 Å². The smallest absolute Gasteiger partial charge is 0.288 e. The number of thioether (sulfide) groups is 1. The van der Waals surface area contributed by atoms with Gasteiger partial charge in [0, 0.05) is 17.6 Å². The zero-order chi connectivity index (χ0) is 11.3. The molecule has 0 radical (unpaired) electrons. The van der Waals surface area contributed by atoms with Crippen LogP contribution in [0.5, 0.6) is 0 Å². The molecule has 3 nitrogen and oxygen atoms in total. The van der Waals surface area contributed by atoms with Gasteiger partial charge in [0.1, 0.15) is 0 Å².